The molecule has 0 unspecified atom stereocenters. The van der Waals surface area contributed by atoms with Crippen LogP contribution in [0.3, 0.4) is 0 Å². The van der Waals surface area contributed by atoms with Gasteiger partial charge in [-0.1, -0.05) is 60.7 Å². The summed E-state index contributed by atoms with van der Waals surface area (Å²) < 4.78 is 5.49. The average molecular weight is 267 g/mol. The molecule has 3 atom stereocenters. The first-order chi connectivity index (χ1) is 9.75. The summed E-state index contributed by atoms with van der Waals surface area (Å²) in [4.78, 5) is 12.1. The van der Waals surface area contributed by atoms with Crippen molar-refractivity contribution in [3.63, 3.8) is 0 Å². The Morgan fingerprint density at radius 1 is 1.05 bits per heavy atom. The minimum absolute atomic E-state index is 0.00989. The molecule has 3 heteroatoms. The quantitative estimate of drug-likeness (QED) is 0.865. The number of rotatable bonds is 4. The average Bonchev–Trinajstić information content (AvgIpc) is 3.29. The van der Waals surface area contributed by atoms with Crippen molar-refractivity contribution in [1.29, 1.82) is 0 Å². The first-order valence-electron chi connectivity index (χ1n) is 6.81. The Labute approximate surface area is 118 Å². The molecule has 2 aromatic carbocycles. The third-order valence-corrected chi connectivity index (χ3v) is 3.54. The largest absolute Gasteiger partial charge is 0.354 e. The van der Waals surface area contributed by atoms with Crippen molar-refractivity contribution in [2.75, 3.05) is 0 Å². The molecule has 1 amide bonds. The molecule has 20 heavy (non-hydrogen) atoms. The topological polar surface area (TPSA) is 41.6 Å². The minimum Gasteiger partial charge on any atom is -0.354 e. The highest BCUT2D eigenvalue weighted by Crippen LogP contribution is 2.38. The predicted octanol–water partition coefficient (Wildman–Crippen LogP) is 3.00. The normalized spacial score (nSPS) is 22.1. The highest BCUT2D eigenvalue weighted by molar-refractivity contribution is 5.84. The van der Waals surface area contributed by atoms with Gasteiger partial charge in [0, 0.05) is 0 Å². The number of nitrogens with one attached hydrogen (secondary N) is 1. The third-order valence-electron chi connectivity index (χ3n) is 3.54. The molecule has 3 rings (SSSR count). The van der Waals surface area contributed by atoms with Crippen LogP contribution in [0.1, 0.15) is 30.2 Å². The minimum atomic E-state index is -0.358. The summed E-state index contributed by atoms with van der Waals surface area (Å²) in [6, 6.07) is 19.8. The maximum Gasteiger partial charge on any atom is 0.252 e. The number of carbonyl (C=O) groups excluding carboxylic acids is 1. The molecular weight excluding hydrogens is 250 g/mol. The SMILES string of the molecule is C[C@H](NC(=O)[C@@H]1O[C@H]1c1ccccc1)c1ccccc1. The third kappa shape index (κ3) is 2.73. The summed E-state index contributed by atoms with van der Waals surface area (Å²) in [6.07, 6.45) is -0.456. The van der Waals surface area contributed by atoms with Crippen molar-refractivity contribution in [3.05, 3.63) is 71.8 Å². The Bertz CT molecular complexity index is 582. The predicted molar refractivity (Wildman–Crippen MR) is 77.1 cm³/mol. The molecular formula is C17H17NO2. The zero-order valence-corrected chi connectivity index (χ0v) is 11.3. The van der Waals surface area contributed by atoms with Crippen LogP contribution in [0.15, 0.2) is 60.7 Å². The van der Waals surface area contributed by atoms with Gasteiger partial charge in [-0.05, 0) is 18.1 Å². The molecule has 1 saturated heterocycles. The number of benzene rings is 2. The molecule has 1 aliphatic heterocycles. The van der Waals surface area contributed by atoms with Gasteiger partial charge in [0.1, 0.15) is 6.10 Å². The lowest BCUT2D eigenvalue weighted by Gasteiger charge is -2.13. The Hall–Kier alpha value is -2.13. The molecule has 1 aliphatic rings. The fourth-order valence-corrected chi connectivity index (χ4v) is 2.33. The van der Waals surface area contributed by atoms with E-state index in [1.807, 2.05) is 67.6 Å². The summed E-state index contributed by atoms with van der Waals surface area (Å²) in [5.41, 5.74) is 2.15. The van der Waals surface area contributed by atoms with Crippen LogP contribution in [0, 0.1) is 0 Å². The fraction of sp³-hybridized carbons (Fsp3) is 0.235. The number of epoxide rings is 1. The second kappa shape index (κ2) is 5.47. The van der Waals surface area contributed by atoms with E-state index in [9.17, 15) is 4.79 Å². The van der Waals surface area contributed by atoms with Gasteiger partial charge in [0.2, 0.25) is 0 Å². The summed E-state index contributed by atoms with van der Waals surface area (Å²) in [5, 5.41) is 2.99. The van der Waals surface area contributed by atoms with E-state index in [0.717, 1.165) is 11.1 Å². The van der Waals surface area contributed by atoms with Gasteiger partial charge in [0.15, 0.2) is 6.10 Å². The monoisotopic (exact) mass is 267 g/mol. The molecule has 1 heterocycles. The van der Waals surface area contributed by atoms with Crippen LogP contribution in [0.5, 0.6) is 0 Å². The lowest BCUT2D eigenvalue weighted by atomic mass is 10.1. The molecule has 1 N–H and O–H groups in total. The zero-order valence-electron chi connectivity index (χ0n) is 11.3. The lowest BCUT2D eigenvalue weighted by molar-refractivity contribution is -0.122. The maximum absolute atomic E-state index is 12.1. The van der Waals surface area contributed by atoms with Crippen molar-refractivity contribution in [2.24, 2.45) is 0 Å². The Morgan fingerprint density at radius 3 is 2.30 bits per heavy atom. The standard InChI is InChI=1S/C17H17NO2/c1-12(13-8-4-2-5-9-13)18-17(19)16-15(20-16)14-10-6-3-7-11-14/h2-12,15-16H,1H3,(H,18,19)/t12-,15-,16+/m0/s1. The van der Waals surface area contributed by atoms with Crippen LogP contribution in [0.4, 0.5) is 0 Å². The van der Waals surface area contributed by atoms with E-state index in [2.05, 4.69) is 5.32 Å². The fourth-order valence-electron chi connectivity index (χ4n) is 2.33. The summed E-state index contributed by atoms with van der Waals surface area (Å²) in [5.74, 6) is -0.0461. The van der Waals surface area contributed by atoms with Crippen molar-refractivity contribution >= 4 is 5.91 Å². The first kappa shape index (κ1) is 12.9. The van der Waals surface area contributed by atoms with Crippen LogP contribution < -0.4 is 5.32 Å². The van der Waals surface area contributed by atoms with Crippen LogP contribution in [-0.2, 0) is 9.53 Å². The lowest BCUT2D eigenvalue weighted by Crippen LogP contribution is -2.30. The van der Waals surface area contributed by atoms with Gasteiger partial charge in [-0.15, -0.1) is 0 Å². The van der Waals surface area contributed by atoms with E-state index in [-0.39, 0.29) is 24.2 Å². The van der Waals surface area contributed by atoms with Gasteiger partial charge in [0.05, 0.1) is 6.04 Å². The first-order valence-corrected chi connectivity index (χ1v) is 6.81. The van der Waals surface area contributed by atoms with E-state index < -0.39 is 0 Å². The summed E-state index contributed by atoms with van der Waals surface area (Å²) in [6.45, 7) is 1.98. The molecule has 1 fully saturated rings. The molecule has 102 valence electrons. The number of hydrogen-bond acceptors (Lipinski definition) is 2. The van der Waals surface area contributed by atoms with Crippen LogP contribution in [-0.4, -0.2) is 12.0 Å². The van der Waals surface area contributed by atoms with Gasteiger partial charge in [0.25, 0.3) is 5.91 Å². The summed E-state index contributed by atoms with van der Waals surface area (Å²) >= 11 is 0. The van der Waals surface area contributed by atoms with Crippen molar-refractivity contribution in [2.45, 2.75) is 25.2 Å². The zero-order chi connectivity index (χ0) is 13.9. The van der Waals surface area contributed by atoms with Gasteiger partial charge >= 0.3 is 0 Å². The molecule has 3 nitrogen and oxygen atoms in total. The van der Waals surface area contributed by atoms with E-state index in [1.165, 1.54) is 0 Å². The Morgan fingerprint density at radius 2 is 1.65 bits per heavy atom. The molecule has 0 aliphatic carbocycles. The highest BCUT2D eigenvalue weighted by atomic mass is 16.6. The maximum atomic E-state index is 12.1. The van der Waals surface area contributed by atoms with Crippen molar-refractivity contribution in [1.82, 2.24) is 5.32 Å². The molecule has 0 aromatic heterocycles. The molecule has 0 bridgehead atoms. The second-order valence-corrected chi connectivity index (χ2v) is 5.03. The smallest absolute Gasteiger partial charge is 0.252 e. The van der Waals surface area contributed by atoms with Crippen molar-refractivity contribution in [3.8, 4) is 0 Å². The van der Waals surface area contributed by atoms with Crippen molar-refractivity contribution < 1.29 is 9.53 Å². The highest BCUT2D eigenvalue weighted by Gasteiger charge is 2.46. The van der Waals surface area contributed by atoms with E-state index in [4.69, 9.17) is 4.74 Å². The number of amides is 1. The number of carbonyl (C=O) groups is 1. The van der Waals surface area contributed by atoms with Gasteiger partial charge < -0.3 is 10.1 Å². The summed E-state index contributed by atoms with van der Waals surface area (Å²) in [7, 11) is 0. The molecule has 0 saturated carbocycles. The van der Waals surface area contributed by atoms with Gasteiger partial charge in [-0.3, -0.25) is 4.79 Å². The molecule has 2 aromatic rings. The van der Waals surface area contributed by atoms with Gasteiger partial charge in [-0.2, -0.15) is 0 Å². The van der Waals surface area contributed by atoms with E-state index in [0.29, 0.717) is 0 Å². The Balaban J connectivity index is 1.59. The second-order valence-electron chi connectivity index (χ2n) is 5.03. The van der Waals surface area contributed by atoms with Crippen LogP contribution >= 0.6 is 0 Å². The number of ether oxygens (including phenoxy) is 1. The van der Waals surface area contributed by atoms with E-state index >= 15 is 0 Å². The van der Waals surface area contributed by atoms with Crippen LogP contribution in [0.2, 0.25) is 0 Å². The van der Waals surface area contributed by atoms with Crippen LogP contribution in [0.25, 0.3) is 0 Å². The van der Waals surface area contributed by atoms with E-state index in [1.54, 1.807) is 0 Å². The Kier molecular flexibility index (Phi) is 3.52. The number of hydrogen-bond donors (Lipinski definition) is 1. The van der Waals surface area contributed by atoms with Gasteiger partial charge in [-0.25, -0.2) is 0 Å². The molecule has 0 radical (unpaired) electrons. The molecule has 0 spiro atoms.